The van der Waals surface area contributed by atoms with E-state index in [4.69, 9.17) is 5.73 Å². The first-order valence-electron chi connectivity index (χ1n) is 5.16. The van der Waals surface area contributed by atoms with Gasteiger partial charge in [-0.1, -0.05) is 0 Å². The van der Waals surface area contributed by atoms with Crippen molar-refractivity contribution >= 4 is 0 Å². The first kappa shape index (κ1) is 14.8. The third-order valence-electron chi connectivity index (χ3n) is 2.03. The van der Waals surface area contributed by atoms with Gasteiger partial charge in [0.25, 0.3) is 0 Å². The highest BCUT2D eigenvalue weighted by Crippen LogP contribution is 2.23. The molecule has 0 bridgehead atoms. The molecule has 0 saturated carbocycles. The molecule has 18 heavy (non-hydrogen) atoms. The van der Waals surface area contributed by atoms with Gasteiger partial charge in [0.2, 0.25) is 0 Å². The zero-order valence-corrected chi connectivity index (χ0v) is 9.40. The molecule has 104 valence electrons. The van der Waals surface area contributed by atoms with Gasteiger partial charge in [-0.2, -0.15) is 8.78 Å². The van der Waals surface area contributed by atoms with Crippen LogP contribution < -0.4 is 5.73 Å². The fourth-order valence-electron chi connectivity index (χ4n) is 1.08. The van der Waals surface area contributed by atoms with Crippen molar-refractivity contribution in [1.29, 1.82) is 0 Å². The smallest absolute Gasteiger partial charge is 0.330 e. The van der Waals surface area contributed by atoms with Gasteiger partial charge < -0.3 is 10.5 Å². The fraction of sp³-hybridized carbons (Fsp3) is 0.875. The minimum Gasteiger partial charge on any atom is -0.367 e. The molecule has 10 heteroatoms. The molecule has 1 aromatic rings. The van der Waals surface area contributed by atoms with Crippen LogP contribution in [0.4, 0.5) is 17.6 Å². The summed E-state index contributed by atoms with van der Waals surface area (Å²) in [7, 11) is 0. The van der Waals surface area contributed by atoms with Crippen LogP contribution >= 0.6 is 0 Å². The number of nitrogens with two attached hydrogens (primary N) is 1. The fourth-order valence-corrected chi connectivity index (χ4v) is 1.08. The molecule has 1 aromatic heterocycles. The molecule has 0 unspecified atom stereocenters. The number of nitrogens with zero attached hydrogens (tertiary/aromatic N) is 4. The van der Waals surface area contributed by atoms with Crippen molar-refractivity contribution in [2.45, 2.75) is 31.9 Å². The first-order valence-corrected chi connectivity index (χ1v) is 5.16. The molecule has 0 saturated heterocycles. The topological polar surface area (TPSA) is 78.9 Å². The normalized spacial score (nSPS) is 12.3. The predicted octanol–water partition coefficient (Wildman–Crippen LogP) is 0.439. The summed E-state index contributed by atoms with van der Waals surface area (Å²) in [6, 6.07) is 0. The van der Waals surface area contributed by atoms with E-state index in [9.17, 15) is 17.6 Å². The first-order chi connectivity index (χ1) is 8.47. The average molecular weight is 271 g/mol. The Morgan fingerprint density at radius 3 is 2.72 bits per heavy atom. The van der Waals surface area contributed by atoms with Crippen LogP contribution in [0.25, 0.3) is 0 Å². The second-order valence-electron chi connectivity index (χ2n) is 3.52. The van der Waals surface area contributed by atoms with Gasteiger partial charge in [-0.25, -0.2) is 13.5 Å². The van der Waals surface area contributed by atoms with E-state index in [1.165, 1.54) is 4.68 Å². The van der Waals surface area contributed by atoms with E-state index < -0.39 is 19.0 Å². The van der Waals surface area contributed by atoms with Crippen LogP contribution in [-0.2, 0) is 17.9 Å². The number of tetrazole rings is 1. The zero-order chi connectivity index (χ0) is 13.6. The van der Waals surface area contributed by atoms with Crippen molar-refractivity contribution in [3.63, 3.8) is 0 Å². The summed E-state index contributed by atoms with van der Waals surface area (Å²) in [6.45, 7) is -0.911. The molecule has 6 nitrogen and oxygen atoms in total. The van der Waals surface area contributed by atoms with Crippen LogP contribution in [0.15, 0.2) is 0 Å². The van der Waals surface area contributed by atoms with Gasteiger partial charge in [0.1, 0.15) is 13.2 Å². The molecule has 0 aromatic carbocycles. The Hall–Kier alpha value is -1.29. The Morgan fingerprint density at radius 2 is 2.11 bits per heavy atom. The molecule has 0 amide bonds. The molecule has 0 aliphatic rings. The lowest BCUT2D eigenvalue weighted by Gasteiger charge is -2.14. The van der Waals surface area contributed by atoms with E-state index in [2.05, 4.69) is 20.3 Å². The molecule has 0 atom stereocenters. The summed E-state index contributed by atoms with van der Waals surface area (Å²) in [4.78, 5) is 0. The number of rotatable bonds is 8. The summed E-state index contributed by atoms with van der Waals surface area (Å²) < 4.78 is 54.6. The van der Waals surface area contributed by atoms with Crippen LogP contribution in [0, 0.1) is 0 Å². The van der Waals surface area contributed by atoms with Crippen LogP contribution in [0.2, 0.25) is 0 Å². The molecular formula is C8H13F4N5O. The Balaban J connectivity index is 2.42. The van der Waals surface area contributed by atoms with Gasteiger partial charge >= 0.3 is 12.3 Å². The number of hydrogen-bond acceptors (Lipinski definition) is 5. The van der Waals surface area contributed by atoms with E-state index in [1.807, 2.05) is 0 Å². The summed E-state index contributed by atoms with van der Waals surface area (Å²) in [6.07, 6.45) is -3.16. The number of halogens is 4. The van der Waals surface area contributed by atoms with Crippen LogP contribution in [0.5, 0.6) is 0 Å². The van der Waals surface area contributed by atoms with Crippen molar-refractivity contribution < 1.29 is 22.3 Å². The predicted molar refractivity (Wildman–Crippen MR) is 52.1 cm³/mol. The number of aromatic nitrogens is 4. The maximum absolute atomic E-state index is 12.5. The number of hydrogen-bond donors (Lipinski definition) is 1. The highest BCUT2D eigenvalue weighted by molar-refractivity contribution is 4.78. The van der Waals surface area contributed by atoms with Gasteiger partial charge in [-0.3, -0.25) is 0 Å². The lowest BCUT2D eigenvalue weighted by molar-refractivity contribution is -0.168. The summed E-state index contributed by atoms with van der Waals surface area (Å²) in [5.41, 5.74) is 5.29. The lowest BCUT2D eigenvalue weighted by Crippen LogP contribution is -2.32. The molecule has 0 radical (unpaired) electrons. The van der Waals surface area contributed by atoms with E-state index in [0.29, 0.717) is 19.5 Å². The molecular weight excluding hydrogens is 258 g/mol. The minimum absolute atomic E-state index is 0.188. The maximum Gasteiger partial charge on any atom is 0.330 e. The molecule has 0 aliphatic heterocycles. The molecule has 0 aliphatic carbocycles. The second-order valence-corrected chi connectivity index (χ2v) is 3.52. The summed E-state index contributed by atoms with van der Waals surface area (Å²) in [5.74, 6) is -3.98. The third-order valence-corrected chi connectivity index (χ3v) is 2.03. The Bertz CT molecular complexity index is 359. The standard InChI is InChI=1S/C8H13F4N5O/c9-7(10)8(11,12)5-18-4-6-14-15-16-17(6)3-1-2-13/h7H,1-5,13H2. The van der Waals surface area contributed by atoms with Gasteiger partial charge in [-0.05, 0) is 23.4 Å². The molecule has 1 heterocycles. The summed E-state index contributed by atoms with van der Waals surface area (Å²) >= 11 is 0. The lowest BCUT2D eigenvalue weighted by atomic mass is 10.4. The van der Waals surface area contributed by atoms with Crippen molar-refractivity contribution in [2.75, 3.05) is 13.2 Å². The molecule has 1 rings (SSSR count). The number of ether oxygens (including phenoxy) is 1. The van der Waals surface area contributed by atoms with Crippen molar-refractivity contribution in [3.05, 3.63) is 5.82 Å². The quantitative estimate of drug-likeness (QED) is 0.694. The van der Waals surface area contributed by atoms with E-state index >= 15 is 0 Å². The maximum atomic E-state index is 12.5. The molecule has 2 N–H and O–H groups in total. The second kappa shape index (κ2) is 6.59. The van der Waals surface area contributed by atoms with Crippen molar-refractivity contribution in [1.82, 2.24) is 20.2 Å². The van der Waals surface area contributed by atoms with Crippen LogP contribution in [0.3, 0.4) is 0 Å². The summed E-state index contributed by atoms with van der Waals surface area (Å²) in [5, 5.41) is 10.5. The number of aryl methyl sites for hydroxylation is 1. The van der Waals surface area contributed by atoms with Crippen LogP contribution in [0.1, 0.15) is 12.2 Å². The monoisotopic (exact) mass is 271 g/mol. The minimum atomic E-state index is -4.17. The van der Waals surface area contributed by atoms with E-state index in [1.54, 1.807) is 0 Å². The third kappa shape index (κ3) is 4.18. The Kier molecular flexibility index (Phi) is 5.41. The van der Waals surface area contributed by atoms with Gasteiger partial charge in [0.15, 0.2) is 5.82 Å². The molecule has 0 fully saturated rings. The van der Waals surface area contributed by atoms with E-state index in [-0.39, 0.29) is 12.4 Å². The van der Waals surface area contributed by atoms with Crippen LogP contribution in [-0.4, -0.2) is 45.7 Å². The Morgan fingerprint density at radius 1 is 1.39 bits per heavy atom. The van der Waals surface area contributed by atoms with Crippen molar-refractivity contribution in [2.24, 2.45) is 5.73 Å². The zero-order valence-electron chi connectivity index (χ0n) is 9.40. The highest BCUT2D eigenvalue weighted by Gasteiger charge is 2.41. The largest absolute Gasteiger partial charge is 0.367 e. The number of alkyl halides is 4. The van der Waals surface area contributed by atoms with Crippen molar-refractivity contribution in [3.8, 4) is 0 Å². The highest BCUT2D eigenvalue weighted by atomic mass is 19.3. The van der Waals surface area contributed by atoms with Gasteiger partial charge in [0.05, 0.1) is 0 Å². The van der Waals surface area contributed by atoms with Gasteiger partial charge in [0, 0.05) is 6.54 Å². The molecule has 0 spiro atoms. The average Bonchev–Trinajstić information content (AvgIpc) is 2.73. The van der Waals surface area contributed by atoms with Gasteiger partial charge in [-0.15, -0.1) is 5.10 Å². The Labute approximate surface area is 100 Å². The SMILES string of the molecule is NCCCn1nnnc1COCC(F)(F)C(F)F. The van der Waals surface area contributed by atoms with E-state index in [0.717, 1.165) is 0 Å².